The summed E-state index contributed by atoms with van der Waals surface area (Å²) in [4.78, 5) is 27.8. The van der Waals surface area contributed by atoms with Gasteiger partial charge in [0.1, 0.15) is 5.70 Å². The maximum atomic E-state index is 14.2. The molecule has 0 bridgehead atoms. The molecular weight excluding hydrogens is 480 g/mol. The van der Waals surface area contributed by atoms with Crippen molar-refractivity contribution < 1.29 is 14.3 Å². The zero-order chi connectivity index (χ0) is 27.8. The van der Waals surface area contributed by atoms with Gasteiger partial charge in [0.25, 0.3) is 5.71 Å². The van der Waals surface area contributed by atoms with Crippen LogP contribution >= 0.6 is 0 Å². The number of benzene rings is 4. The number of rotatable bonds is 5. The minimum atomic E-state index is -0.187. The van der Waals surface area contributed by atoms with Gasteiger partial charge in [-0.15, -0.1) is 0 Å². The SMILES string of the molecule is Cc1cc(C)c(C(=O)c2ccccc2C(c2c(C)cc(C)cc2C)=[N+]2NC(c3ccccc3)=CC2=O)c(C)c1. The van der Waals surface area contributed by atoms with Crippen LogP contribution in [0.25, 0.3) is 5.70 Å². The van der Waals surface area contributed by atoms with Crippen molar-refractivity contribution >= 4 is 23.1 Å². The molecule has 4 nitrogen and oxygen atoms in total. The number of hydrazine groups is 1. The van der Waals surface area contributed by atoms with Crippen molar-refractivity contribution in [3.8, 4) is 0 Å². The predicted molar refractivity (Wildman–Crippen MR) is 157 cm³/mol. The first-order chi connectivity index (χ1) is 18.7. The fraction of sp³-hybridized carbons (Fsp3) is 0.171. The highest BCUT2D eigenvalue weighted by Crippen LogP contribution is 2.28. The van der Waals surface area contributed by atoms with Crippen LogP contribution in [0.2, 0.25) is 0 Å². The summed E-state index contributed by atoms with van der Waals surface area (Å²) in [7, 11) is 0. The van der Waals surface area contributed by atoms with Crippen LogP contribution in [0.15, 0.2) is 84.9 Å². The van der Waals surface area contributed by atoms with Gasteiger partial charge in [0.15, 0.2) is 5.78 Å². The maximum absolute atomic E-state index is 14.2. The molecule has 1 aliphatic heterocycles. The molecule has 1 N–H and O–H groups in total. The van der Waals surface area contributed by atoms with E-state index in [1.807, 2.05) is 87.5 Å². The van der Waals surface area contributed by atoms with Gasteiger partial charge in [-0.3, -0.25) is 4.79 Å². The molecule has 0 atom stereocenters. The van der Waals surface area contributed by atoms with E-state index in [0.29, 0.717) is 22.4 Å². The molecule has 5 rings (SSSR count). The number of hydrazone groups is 1. The second-order valence-electron chi connectivity index (χ2n) is 10.5. The molecule has 1 amide bonds. The van der Waals surface area contributed by atoms with Crippen molar-refractivity contribution in [3.05, 3.63) is 146 Å². The molecule has 0 radical (unpaired) electrons. The largest absolute Gasteiger partial charge is 0.443 e. The maximum Gasteiger partial charge on any atom is 0.443 e. The number of aryl methyl sites for hydroxylation is 6. The number of nitrogens with zero attached hydrogens (tertiary/aromatic N) is 1. The summed E-state index contributed by atoms with van der Waals surface area (Å²) < 4.78 is 1.59. The Kier molecular flexibility index (Phi) is 6.88. The van der Waals surface area contributed by atoms with E-state index in [0.717, 1.165) is 50.2 Å². The molecule has 0 fully saturated rings. The summed E-state index contributed by atoms with van der Waals surface area (Å²) in [6.45, 7) is 12.2. The second kappa shape index (κ2) is 10.3. The number of hydrogen-bond donors (Lipinski definition) is 1. The first kappa shape index (κ1) is 26.1. The van der Waals surface area contributed by atoms with Crippen LogP contribution in [0, 0.1) is 41.5 Å². The number of carbonyl (C=O) groups is 2. The van der Waals surface area contributed by atoms with E-state index in [1.165, 1.54) is 0 Å². The Hall–Kier alpha value is -4.57. The third-order valence-corrected chi connectivity index (χ3v) is 7.27. The molecule has 0 unspecified atom stereocenters. The van der Waals surface area contributed by atoms with Crippen molar-refractivity contribution in [2.45, 2.75) is 41.5 Å². The van der Waals surface area contributed by atoms with Gasteiger partial charge >= 0.3 is 5.91 Å². The first-order valence-corrected chi connectivity index (χ1v) is 13.2. The molecule has 4 aromatic rings. The topological polar surface area (TPSA) is 49.2 Å². The minimum absolute atomic E-state index is 0.0524. The molecule has 0 saturated heterocycles. The molecule has 1 heterocycles. The van der Waals surface area contributed by atoms with Crippen LogP contribution in [0.1, 0.15) is 66.0 Å². The third kappa shape index (κ3) is 4.86. The quantitative estimate of drug-likeness (QED) is 0.239. The van der Waals surface area contributed by atoms with E-state index in [1.54, 1.807) is 10.8 Å². The van der Waals surface area contributed by atoms with Crippen LogP contribution in [0.3, 0.4) is 0 Å². The van der Waals surface area contributed by atoms with Gasteiger partial charge in [-0.2, -0.15) is 5.43 Å². The van der Waals surface area contributed by atoms with E-state index in [-0.39, 0.29) is 11.7 Å². The number of amides is 1. The lowest BCUT2D eigenvalue weighted by atomic mass is 9.86. The summed E-state index contributed by atoms with van der Waals surface area (Å²) >= 11 is 0. The molecule has 0 saturated carbocycles. The Bertz CT molecular complexity index is 1660. The van der Waals surface area contributed by atoms with Gasteiger partial charge in [0.05, 0.1) is 17.2 Å². The standard InChI is InChI=1S/C35H32N2O2/c1-21-16-23(3)32(24(4)17-21)34(37-31(38)20-30(36-37)27-12-8-7-9-13-27)28-14-10-11-15-29(28)35(39)33-25(5)18-22(2)19-26(33)6/h7-20H,1-6H3/p+1. The number of carbonyl (C=O) groups excluding carboxylic acids is 2. The Morgan fingerprint density at radius 1 is 0.641 bits per heavy atom. The van der Waals surface area contributed by atoms with Crippen molar-refractivity contribution in [1.29, 1.82) is 0 Å². The highest BCUT2D eigenvalue weighted by Gasteiger charge is 2.36. The number of nitrogens with one attached hydrogen (secondary N) is 1. The summed E-state index contributed by atoms with van der Waals surface area (Å²) in [5.41, 5.74) is 14.8. The van der Waals surface area contributed by atoms with E-state index < -0.39 is 0 Å². The van der Waals surface area contributed by atoms with Gasteiger partial charge in [0, 0.05) is 16.7 Å². The van der Waals surface area contributed by atoms with Crippen LogP contribution in [0.5, 0.6) is 0 Å². The lowest BCUT2D eigenvalue weighted by Crippen LogP contribution is -2.35. The Labute approximate surface area is 230 Å². The molecule has 39 heavy (non-hydrogen) atoms. The van der Waals surface area contributed by atoms with E-state index in [9.17, 15) is 9.59 Å². The molecule has 194 valence electrons. The number of ketones is 1. The molecule has 0 aliphatic carbocycles. The molecule has 0 aromatic heterocycles. The molecular formula is C35H33N2O2+. The summed E-state index contributed by atoms with van der Waals surface area (Å²) in [5, 5.41) is 0. The third-order valence-electron chi connectivity index (χ3n) is 7.27. The Morgan fingerprint density at radius 3 is 1.69 bits per heavy atom. The lowest BCUT2D eigenvalue weighted by molar-refractivity contribution is -0.482. The fourth-order valence-electron chi connectivity index (χ4n) is 5.81. The van der Waals surface area contributed by atoms with E-state index in [2.05, 4.69) is 38.3 Å². The van der Waals surface area contributed by atoms with E-state index in [4.69, 9.17) is 0 Å². The van der Waals surface area contributed by atoms with Gasteiger partial charge < -0.3 is 0 Å². The molecule has 4 heteroatoms. The average molecular weight is 514 g/mol. The smallest absolute Gasteiger partial charge is 0.289 e. The normalized spacial score (nSPS) is 14.2. The average Bonchev–Trinajstić information content (AvgIpc) is 3.27. The van der Waals surface area contributed by atoms with Crippen molar-refractivity contribution in [2.24, 2.45) is 0 Å². The van der Waals surface area contributed by atoms with Crippen molar-refractivity contribution in [1.82, 2.24) is 5.43 Å². The monoisotopic (exact) mass is 513 g/mol. The summed E-state index contributed by atoms with van der Waals surface area (Å²) in [6, 6.07) is 25.7. The predicted octanol–water partition coefficient (Wildman–Crippen LogP) is 6.70. The van der Waals surface area contributed by atoms with Crippen LogP contribution < -0.4 is 5.43 Å². The fourth-order valence-corrected chi connectivity index (χ4v) is 5.81. The van der Waals surface area contributed by atoms with Gasteiger partial charge in [-0.25, -0.2) is 4.79 Å². The van der Waals surface area contributed by atoms with Crippen LogP contribution in [-0.2, 0) is 4.79 Å². The minimum Gasteiger partial charge on any atom is -0.289 e. The number of hydrogen-bond acceptors (Lipinski definition) is 3. The Morgan fingerprint density at radius 2 is 1.13 bits per heavy atom. The Balaban J connectivity index is 1.77. The summed E-state index contributed by atoms with van der Waals surface area (Å²) in [6.07, 6.45) is 1.62. The zero-order valence-electron chi connectivity index (χ0n) is 23.3. The van der Waals surface area contributed by atoms with Crippen LogP contribution in [-0.4, -0.2) is 22.1 Å². The second-order valence-corrected chi connectivity index (χ2v) is 10.5. The zero-order valence-corrected chi connectivity index (χ0v) is 23.3. The molecule has 4 aromatic carbocycles. The van der Waals surface area contributed by atoms with Gasteiger partial charge in [-0.05, 0) is 74.5 Å². The van der Waals surface area contributed by atoms with E-state index >= 15 is 0 Å². The summed E-state index contributed by atoms with van der Waals surface area (Å²) in [5.74, 6) is -0.239. The van der Waals surface area contributed by atoms with Gasteiger partial charge in [-0.1, -0.05) is 83.9 Å². The van der Waals surface area contributed by atoms with Crippen molar-refractivity contribution in [3.63, 3.8) is 0 Å². The van der Waals surface area contributed by atoms with Crippen molar-refractivity contribution in [2.75, 3.05) is 0 Å². The lowest BCUT2D eigenvalue weighted by Gasteiger charge is -2.16. The highest BCUT2D eigenvalue weighted by atomic mass is 16.2. The first-order valence-electron chi connectivity index (χ1n) is 13.2. The molecule has 0 spiro atoms. The molecule has 1 aliphatic rings. The van der Waals surface area contributed by atoms with Crippen LogP contribution in [0.4, 0.5) is 0 Å². The van der Waals surface area contributed by atoms with Gasteiger partial charge in [0.2, 0.25) is 0 Å². The highest BCUT2D eigenvalue weighted by molar-refractivity contribution is 6.22.